The SMILES string of the molecule is CCN(C)OC(=O)[C@@H]1CC2=CC(=O)CCC2(C)C2=C1C1=CC[C@@]3(C)CCC(=O)C13CC2. The van der Waals surface area contributed by atoms with Crippen molar-refractivity contribution in [1.29, 1.82) is 0 Å². The number of allylic oxidation sites excluding steroid dienone is 5. The molecule has 0 amide bonds. The molecule has 5 rings (SSSR count). The van der Waals surface area contributed by atoms with Gasteiger partial charge in [-0.1, -0.05) is 31.1 Å². The second kappa shape index (κ2) is 6.74. The number of rotatable bonds is 3. The van der Waals surface area contributed by atoms with Crippen molar-refractivity contribution in [3.05, 3.63) is 34.4 Å². The van der Waals surface area contributed by atoms with Gasteiger partial charge in [0.1, 0.15) is 5.78 Å². The fourth-order valence-electron chi connectivity index (χ4n) is 7.30. The molecule has 0 aliphatic heterocycles. The van der Waals surface area contributed by atoms with E-state index in [9.17, 15) is 14.4 Å². The topological polar surface area (TPSA) is 63.7 Å². The van der Waals surface area contributed by atoms with Crippen molar-refractivity contribution in [3.8, 4) is 0 Å². The van der Waals surface area contributed by atoms with Gasteiger partial charge in [0.25, 0.3) is 0 Å². The Morgan fingerprint density at radius 3 is 2.68 bits per heavy atom. The number of carbonyl (C=O) groups excluding carboxylic acids is 3. The molecule has 5 aliphatic carbocycles. The van der Waals surface area contributed by atoms with E-state index in [2.05, 4.69) is 19.9 Å². The monoisotopic (exact) mass is 423 g/mol. The van der Waals surface area contributed by atoms with Crippen LogP contribution in [0.2, 0.25) is 0 Å². The Morgan fingerprint density at radius 1 is 1.16 bits per heavy atom. The van der Waals surface area contributed by atoms with E-state index in [4.69, 9.17) is 4.84 Å². The average molecular weight is 424 g/mol. The lowest BCUT2D eigenvalue weighted by Gasteiger charge is -2.52. The Hall–Kier alpha value is -2.01. The third-order valence-corrected chi connectivity index (χ3v) is 9.32. The average Bonchev–Trinajstić information content (AvgIpc) is 3.18. The molecule has 0 saturated heterocycles. The quantitative estimate of drug-likeness (QED) is 0.626. The first-order valence-corrected chi connectivity index (χ1v) is 11.8. The van der Waals surface area contributed by atoms with Gasteiger partial charge >= 0.3 is 5.97 Å². The van der Waals surface area contributed by atoms with Crippen LogP contribution in [-0.4, -0.2) is 36.2 Å². The zero-order valence-electron chi connectivity index (χ0n) is 19.2. The normalized spacial score (nSPS) is 38.9. The molecule has 0 radical (unpaired) electrons. The van der Waals surface area contributed by atoms with Crippen molar-refractivity contribution >= 4 is 17.5 Å². The van der Waals surface area contributed by atoms with Crippen LogP contribution in [0.3, 0.4) is 0 Å². The zero-order chi connectivity index (χ0) is 22.2. The lowest BCUT2D eigenvalue weighted by Crippen LogP contribution is -2.47. The van der Waals surface area contributed by atoms with E-state index in [1.807, 2.05) is 6.92 Å². The summed E-state index contributed by atoms with van der Waals surface area (Å²) in [5.74, 6) is -0.211. The van der Waals surface area contributed by atoms with Crippen molar-refractivity contribution in [2.45, 2.75) is 72.1 Å². The van der Waals surface area contributed by atoms with Crippen LogP contribution in [0.1, 0.15) is 72.1 Å². The Kier molecular flexibility index (Phi) is 4.54. The van der Waals surface area contributed by atoms with Gasteiger partial charge in [0.2, 0.25) is 0 Å². The van der Waals surface area contributed by atoms with Crippen molar-refractivity contribution in [2.75, 3.05) is 13.6 Å². The lowest BCUT2D eigenvalue weighted by molar-refractivity contribution is -0.187. The van der Waals surface area contributed by atoms with Crippen molar-refractivity contribution in [1.82, 2.24) is 5.06 Å². The van der Waals surface area contributed by atoms with E-state index in [1.165, 1.54) is 5.57 Å². The molecule has 1 fully saturated rings. The molecule has 0 N–H and O–H groups in total. The molecule has 0 aromatic rings. The van der Waals surface area contributed by atoms with Gasteiger partial charge in [-0.2, -0.15) is 0 Å². The fraction of sp³-hybridized carbons (Fsp3) is 0.654. The summed E-state index contributed by atoms with van der Waals surface area (Å²) >= 11 is 0. The summed E-state index contributed by atoms with van der Waals surface area (Å²) in [7, 11) is 1.76. The van der Waals surface area contributed by atoms with E-state index in [1.54, 1.807) is 18.2 Å². The molecule has 1 spiro atoms. The van der Waals surface area contributed by atoms with Gasteiger partial charge in [0.15, 0.2) is 5.78 Å². The first kappa shape index (κ1) is 20.9. The highest BCUT2D eigenvalue weighted by molar-refractivity contribution is 5.96. The van der Waals surface area contributed by atoms with Crippen LogP contribution in [0.5, 0.6) is 0 Å². The minimum atomic E-state index is -0.451. The highest BCUT2D eigenvalue weighted by Gasteiger charge is 2.65. The smallest absolute Gasteiger partial charge is 0.332 e. The molecule has 0 heterocycles. The number of hydrogen-bond acceptors (Lipinski definition) is 5. The molecule has 1 saturated carbocycles. The molecule has 2 unspecified atom stereocenters. The molecule has 0 aromatic heterocycles. The van der Waals surface area contributed by atoms with Gasteiger partial charge in [0, 0.05) is 31.8 Å². The zero-order valence-corrected chi connectivity index (χ0v) is 19.2. The Balaban J connectivity index is 1.68. The van der Waals surface area contributed by atoms with E-state index in [0.717, 1.165) is 48.8 Å². The highest BCUT2D eigenvalue weighted by Crippen LogP contribution is 2.70. The number of fused-ring (bicyclic) bond motifs is 3. The molecular weight excluding hydrogens is 390 g/mol. The van der Waals surface area contributed by atoms with Gasteiger partial charge < -0.3 is 4.84 Å². The molecule has 166 valence electrons. The predicted molar refractivity (Wildman–Crippen MR) is 117 cm³/mol. The van der Waals surface area contributed by atoms with Crippen LogP contribution in [0.25, 0.3) is 0 Å². The summed E-state index contributed by atoms with van der Waals surface area (Å²) in [6.07, 6.45) is 10.0. The summed E-state index contributed by atoms with van der Waals surface area (Å²) in [4.78, 5) is 44.7. The number of hydrogen-bond donors (Lipinski definition) is 0. The van der Waals surface area contributed by atoms with Crippen LogP contribution < -0.4 is 0 Å². The summed E-state index contributed by atoms with van der Waals surface area (Å²) in [6, 6.07) is 0. The largest absolute Gasteiger partial charge is 0.368 e. The molecule has 4 atom stereocenters. The summed E-state index contributed by atoms with van der Waals surface area (Å²) < 4.78 is 0. The minimum Gasteiger partial charge on any atom is -0.368 e. The fourth-order valence-corrected chi connectivity index (χ4v) is 7.30. The van der Waals surface area contributed by atoms with E-state index in [0.29, 0.717) is 31.6 Å². The van der Waals surface area contributed by atoms with Gasteiger partial charge in [-0.15, -0.1) is 5.06 Å². The predicted octanol–water partition coefficient (Wildman–Crippen LogP) is 4.49. The summed E-state index contributed by atoms with van der Waals surface area (Å²) in [5.41, 5.74) is 3.87. The van der Waals surface area contributed by atoms with Gasteiger partial charge in [-0.25, -0.2) is 4.79 Å². The number of hydroxylamine groups is 2. The van der Waals surface area contributed by atoms with Crippen molar-refractivity contribution in [2.24, 2.45) is 22.2 Å². The molecule has 5 nitrogen and oxygen atoms in total. The lowest BCUT2D eigenvalue weighted by atomic mass is 9.50. The van der Waals surface area contributed by atoms with E-state index >= 15 is 0 Å². The molecule has 0 bridgehead atoms. The van der Waals surface area contributed by atoms with Crippen molar-refractivity contribution < 1.29 is 19.2 Å². The highest BCUT2D eigenvalue weighted by atomic mass is 16.7. The Bertz CT molecular complexity index is 987. The van der Waals surface area contributed by atoms with E-state index < -0.39 is 11.3 Å². The van der Waals surface area contributed by atoms with Crippen molar-refractivity contribution in [3.63, 3.8) is 0 Å². The Morgan fingerprint density at radius 2 is 1.94 bits per heavy atom. The van der Waals surface area contributed by atoms with E-state index in [-0.39, 0.29) is 22.6 Å². The number of nitrogens with zero attached hydrogens (tertiary/aromatic N) is 1. The third-order valence-electron chi connectivity index (χ3n) is 9.32. The van der Waals surface area contributed by atoms with Crippen LogP contribution in [0.4, 0.5) is 0 Å². The first-order chi connectivity index (χ1) is 14.7. The second-order valence-corrected chi connectivity index (χ2v) is 10.7. The maximum Gasteiger partial charge on any atom is 0.332 e. The van der Waals surface area contributed by atoms with Crippen LogP contribution in [0, 0.1) is 22.2 Å². The minimum absolute atomic E-state index is 0.0356. The maximum atomic E-state index is 13.4. The van der Waals surface area contributed by atoms with Crippen LogP contribution in [-0.2, 0) is 19.2 Å². The molecule has 0 aromatic carbocycles. The van der Waals surface area contributed by atoms with Gasteiger partial charge in [0.05, 0.1) is 11.3 Å². The molecule has 5 aliphatic rings. The summed E-state index contributed by atoms with van der Waals surface area (Å²) in [5, 5.41) is 1.56. The second-order valence-electron chi connectivity index (χ2n) is 10.7. The molecular formula is C26H33NO4. The number of ketones is 2. The number of carbonyl (C=O) groups is 3. The molecule has 31 heavy (non-hydrogen) atoms. The van der Waals surface area contributed by atoms with Crippen LogP contribution in [0.15, 0.2) is 34.4 Å². The molecule has 5 heteroatoms. The maximum absolute atomic E-state index is 13.4. The number of Topliss-reactive ketones (excluding diaryl/α,β-unsaturated/α-hetero) is 1. The van der Waals surface area contributed by atoms with Gasteiger partial charge in [-0.3, -0.25) is 9.59 Å². The first-order valence-electron chi connectivity index (χ1n) is 11.8. The summed E-state index contributed by atoms with van der Waals surface area (Å²) in [6.45, 7) is 7.05. The van der Waals surface area contributed by atoms with Gasteiger partial charge in [-0.05, 0) is 68.1 Å². The Labute approximate surface area is 184 Å². The standard InChI is InChI=1S/C26H33NO4/c1-5-27(4)31-23(30)18-15-16-14-17(28)6-12-25(16,3)19-8-13-26-20(22(18)19)7-10-24(26,2)11-9-21(26)29/h7,14,18H,5-6,8-13,15H2,1-4H3/t18-,24+,25?,26?/m1/s1. The van der Waals surface area contributed by atoms with Crippen LogP contribution >= 0.6 is 0 Å². The third kappa shape index (κ3) is 2.62.